The lowest BCUT2D eigenvalue weighted by atomic mass is 9.84. The van der Waals surface area contributed by atoms with Gasteiger partial charge < -0.3 is 9.08 Å². The van der Waals surface area contributed by atoms with Crippen LogP contribution < -0.4 is 4.18 Å². The topological polar surface area (TPSA) is 63.7 Å². The van der Waals surface area contributed by atoms with E-state index < -0.39 is 10.1 Å². The summed E-state index contributed by atoms with van der Waals surface area (Å²) < 4.78 is 44.5. The molecular formula is C26H25ClFNO4S. The number of aryl methyl sites for hydroxylation is 1. The highest BCUT2D eigenvalue weighted by molar-refractivity contribution is 7.87. The summed E-state index contributed by atoms with van der Waals surface area (Å²) in [5.41, 5.74) is 2.02. The third-order valence-corrected chi connectivity index (χ3v) is 7.83. The van der Waals surface area contributed by atoms with Crippen LogP contribution in [0.4, 0.5) is 4.39 Å². The predicted octanol–water partition coefficient (Wildman–Crippen LogP) is 5.88. The Kier molecular flexibility index (Phi) is 7.24. The number of carbonyl (C=O) groups excluding carboxylic acids is 1. The van der Waals surface area contributed by atoms with Gasteiger partial charge in [0.05, 0.1) is 5.02 Å². The van der Waals surface area contributed by atoms with E-state index in [1.165, 1.54) is 18.2 Å². The van der Waals surface area contributed by atoms with Crippen molar-refractivity contribution in [3.8, 4) is 5.75 Å². The summed E-state index contributed by atoms with van der Waals surface area (Å²) >= 11 is 6.12. The fourth-order valence-corrected chi connectivity index (χ4v) is 5.67. The van der Waals surface area contributed by atoms with Gasteiger partial charge in [0.2, 0.25) is 5.91 Å². The molecule has 1 amide bonds. The molecule has 3 aromatic rings. The summed E-state index contributed by atoms with van der Waals surface area (Å²) in [5, 5.41) is 0.0905. The van der Waals surface area contributed by atoms with Crippen molar-refractivity contribution in [2.75, 3.05) is 0 Å². The summed E-state index contributed by atoms with van der Waals surface area (Å²) in [5.74, 6) is -0.167. The molecule has 0 unspecified atom stereocenters. The number of amides is 1. The third kappa shape index (κ3) is 5.59. The second-order valence-electron chi connectivity index (χ2n) is 8.52. The molecule has 1 fully saturated rings. The van der Waals surface area contributed by atoms with Gasteiger partial charge in [-0.2, -0.15) is 8.42 Å². The molecule has 178 valence electrons. The Hall–Kier alpha value is -2.90. The van der Waals surface area contributed by atoms with E-state index in [1.54, 1.807) is 54.3 Å². The van der Waals surface area contributed by atoms with Crippen LogP contribution in [0.5, 0.6) is 5.75 Å². The molecule has 34 heavy (non-hydrogen) atoms. The molecule has 0 N–H and O–H groups in total. The van der Waals surface area contributed by atoms with E-state index in [0.717, 1.165) is 30.4 Å². The molecule has 3 aromatic carbocycles. The SMILES string of the molecule is Cc1cccc(Cl)c1S(=O)(=O)Oc1cccc(CN(Cc2ccc(F)cc2)C(=O)C2CCC2)c1. The molecule has 8 heteroatoms. The number of carbonyl (C=O) groups is 1. The zero-order chi connectivity index (χ0) is 24.3. The lowest BCUT2D eigenvalue weighted by molar-refractivity contribution is -0.139. The lowest BCUT2D eigenvalue weighted by Gasteiger charge is -2.32. The maximum absolute atomic E-state index is 13.3. The number of halogens is 2. The molecule has 4 rings (SSSR count). The Balaban J connectivity index is 1.56. The van der Waals surface area contributed by atoms with Gasteiger partial charge >= 0.3 is 10.1 Å². The molecule has 0 heterocycles. The van der Waals surface area contributed by atoms with Gasteiger partial charge in [-0.05, 0) is 66.8 Å². The molecule has 1 saturated carbocycles. The number of hydrogen-bond acceptors (Lipinski definition) is 4. The molecular weight excluding hydrogens is 477 g/mol. The molecule has 0 aliphatic heterocycles. The fraction of sp³-hybridized carbons (Fsp3) is 0.269. The van der Waals surface area contributed by atoms with Crippen molar-refractivity contribution in [2.24, 2.45) is 5.92 Å². The van der Waals surface area contributed by atoms with Crippen molar-refractivity contribution in [2.45, 2.75) is 44.2 Å². The molecule has 0 bridgehead atoms. The Morgan fingerprint density at radius 1 is 1.03 bits per heavy atom. The van der Waals surface area contributed by atoms with E-state index >= 15 is 0 Å². The average Bonchev–Trinajstić information content (AvgIpc) is 2.73. The van der Waals surface area contributed by atoms with Crippen LogP contribution >= 0.6 is 11.6 Å². The van der Waals surface area contributed by atoms with Gasteiger partial charge in [0.25, 0.3) is 0 Å². The van der Waals surface area contributed by atoms with Crippen molar-refractivity contribution >= 4 is 27.6 Å². The first kappa shape index (κ1) is 24.2. The first-order valence-electron chi connectivity index (χ1n) is 11.0. The summed E-state index contributed by atoms with van der Waals surface area (Å²) in [4.78, 5) is 14.7. The number of nitrogens with zero attached hydrogens (tertiary/aromatic N) is 1. The number of rotatable bonds is 8. The first-order chi connectivity index (χ1) is 16.2. The van der Waals surface area contributed by atoms with E-state index in [-0.39, 0.29) is 39.9 Å². The van der Waals surface area contributed by atoms with Crippen LogP contribution in [-0.4, -0.2) is 19.2 Å². The second-order valence-corrected chi connectivity index (χ2v) is 10.4. The van der Waals surface area contributed by atoms with Gasteiger partial charge in [-0.3, -0.25) is 4.79 Å². The predicted molar refractivity (Wildman–Crippen MR) is 128 cm³/mol. The van der Waals surface area contributed by atoms with E-state index in [0.29, 0.717) is 12.1 Å². The Morgan fingerprint density at radius 3 is 2.35 bits per heavy atom. The van der Waals surface area contributed by atoms with Crippen molar-refractivity contribution < 1.29 is 21.8 Å². The number of benzene rings is 3. The Bertz CT molecular complexity index is 1270. The maximum atomic E-state index is 13.3. The fourth-order valence-electron chi connectivity index (χ4n) is 3.95. The maximum Gasteiger partial charge on any atom is 0.340 e. The highest BCUT2D eigenvalue weighted by Gasteiger charge is 2.30. The Morgan fingerprint density at radius 2 is 1.71 bits per heavy atom. The minimum absolute atomic E-state index is 0.0107. The summed E-state index contributed by atoms with van der Waals surface area (Å²) in [6.07, 6.45) is 2.75. The van der Waals surface area contributed by atoms with Gasteiger partial charge in [0.1, 0.15) is 16.5 Å². The van der Waals surface area contributed by atoms with E-state index in [9.17, 15) is 17.6 Å². The van der Waals surface area contributed by atoms with Crippen molar-refractivity contribution in [3.05, 3.63) is 94.3 Å². The van der Waals surface area contributed by atoms with E-state index in [4.69, 9.17) is 15.8 Å². The molecule has 1 aliphatic rings. The lowest BCUT2D eigenvalue weighted by Crippen LogP contribution is -2.38. The largest absolute Gasteiger partial charge is 0.379 e. The van der Waals surface area contributed by atoms with Crippen molar-refractivity contribution in [3.63, 3.8) is 0 Å². The van der Waals surface area contributed by atoms with Crippen LogP contribution in [-0.2, 0) is 28.0 Å². The Labute approximate surface area is 204 Å². The highest BCUT2D eigenvalue weighted by atomic mass is 35.5. The van der Waals surface area contributed by atoms with Crippen LogP contribution in [0.3, 0.4) is 0 Å². The summed E-state index contributed by atoms with van der Waals surface area (Å²) in [6, 6.07) is 17.5. The minimum Gasteiger partial charge on any atom is -0.379 e. The monoisotopic (exact) mass is 501 g/mol. The quantitative estimate of drug-likeness (QED) is 0.361. The van der Waals surface area contributed by atoms with E-state index in [1.807, 2.05) is 6.07 Å². The van der Waals surface area contributed by atoms with Gasteiger partial charge in [-0.25, -0.2) is 4.39 Å². The van der Waals surface area contributed by atoms with Crippen LogP contribution in [0, 0.1) is 18.7 Å². The van der Waals surface area contributed by atoms with Gasteiger partial charge in [0, 0.05) is 19.0 Å². The van der Waals surface area contributed by atoms with Crippen molar-refractivity contribution in [1.82, 2.24) is 4.90 Å². The summed E-state index contributed by atoms with van der Waals surface area (Å²) in [6.45, 7) is 2.25. The van der Waals surface area contributed by atoms with Crippen LogP contribution in [0.15, 0.2) is 71.6 Å². The minimum atomic E-state index is -4.15. The van der Waals surface area contributed by atoms with Crippen LogP contribution in [0.1, 0.15) is 36.0 Å². The zero-order valence-electron chi connectivity index (χ0n) is 18.7. The normalized spacial score (nSPS) is 13.9. The van der Waals surface area contributed by atoms with Crippen molar-refractivity contribution in [1.29, 1.82) is 0 Å². The van der Waals surface area contributed by atoms with E-state index in [2.05, 4.69) is 0 Å². The van der Waals surface area contributed by atoms with Crippen LogP contribution in [0.2, 0.25) is 5.02 Å². The zero-order valence-corrected chi connectivity index (χ0v) is 20.3. The standard InChI is InChI=1S/C26H25ClFNO4S/c1-18-5-2-10-24(27)25(18)34(31,32)33-23-9-3-6-20(15-23)17-29(26(30)21-7-4-8-21)16-19-11-13-22(28)14-12-19/h2-3,5-6,9-15,21H,4,7-8,16-17H2,1H3. The van der Waals surface area contributed by atoms with Gasteiger partial charge in [-0.15, -0.1) is 0 Å². The molecule has 1 aliphatic carbocycles. The molecule has 5 nitrogen and oxygen atoms in total. The highest BCUT2D eigenvalue weighted by Crippen LogP contribution is 2.31. The molecule has 0 radical (unpaired) electrons. The van der Waals surface area contributed by atoms with Gasteiger partial charge in [-0.1, -0.05) is 54.4 Å². The number of hydrogen-bond donors (Lipinski definition) is 0. The third-order valence-electron chi connectivity index (χ3n) is 5.94. The molecule has 0 atom stereocenters. The smallest absolute Gasteiger partial charge is 0.340 e. The molecule has 0 aromatic heterocycles. The molecule has 0 saturated heterocycles. The van der Waals surface area contributed by atoms with Crippen LogP contribution in [0.25, 0.3) is 0 Å². The first-order valence-corrected chi connectivity index (χ1v) is 12.8. The average molecular weight is 502 g/mol. The second kappa shape index (κ2) is 10.2. The van der Waals surface area contributed by atoms with Gasteiger partial charge in [0.15, 0.2) is 0 Å². The summed E-state index contributed by atoms with van der Waals surface area (Å²) in [7, 11) is -4.15. The molecule has 0 spiro atoms.